The van der Waals surface area contributed by atoms with Crippen LogP contribution in [0, 0.1) is 11.7 Å². The number of rotatable bonds is 4. The fourth-order valence-corrected chi connectivity index (χ4v) is 5.49. The molecule has 2 aliphatic rings. The van der Waals surface area contributed by atoms with Gasteiger partial charge in [-0.1, -0.05) is 0 Å². The SMILES string of the molecule is CS(=O)(=O)N1CCC(C(=O)Nc2c3c(nn2-c2ccc(F)cc2)CSC3)CC1. The van der Waals surface area contributed by atoms with Gasteiger partial charge in [0.15, 0.2) is 0 Å². The summed E-state index contributed by atoms with van der Waals surface area (Å²) < 4.78 is 39.7. The maximum atomic E-state index is 13.3. The molecule has 0 spiro atoms. The van der Waals surface area contributed by atoms with Crippen LogP contribution in [0.3, 0.4) is 0 Å². The molecule has 0 atom stereocenters. The molecule has 1 aromatic carbocycles. The summed E-state index contributed by atoms with van der Waals surface area (Å²) in [5.74, 6) is 1.46. The average molecular weight is 425 g/mol. The second-order valence-electron chi connectivity index (χ2n) is 7.08. The molecule has 7 nitrogen and oxygen atoms in total. The van der Waals surface area contributed by atoms with Gasteiger partial charge in [0, 0.05) is 36.1 Å². The van der Waals surface area contributed by atoms with Gasteiger partial charge in [0.1, 0.15) is 11.6 Å². The van der Waals surface area contributed by atoms with E-state index in [1.165, 1.54) is 22.7 Å². The Balaban J connectivity index is 1.55. The van der Waals surface area contributed by atoms with Crippen LogP contribution in [-0.2, 0) is 26.3 Å². The summed E-state index contributed by atoms with van der Waals surface area (Å²) in [7, 11) is -3.23. The van der Waals surface area contributed by atoms with E-state index in [4.69, 9.17) is 0 Å². The summed E-state index contributed by atoms with van der Waals surface area (Å²) >= 11 is 1.74. The number of hydrogen-bond donors (Lipinski definition) is 1. The van der Waals surface area contributed by atoms with Crippen molar-refractivity contribution in [2.24, 2.45) is 5.92 Å². The van der Waals surface area contributed by atoms with Gasteiger partial charge >= 0.3 is 0 Å². The van der Waals surface area contributed by atoms with E-state index in [9.17, 15) is 17.6 Å². The van der Waals surface area contributed by atoms with Crippen molar-refractivity contribution in [2.45, 2.75) is 24.3 Å². The average Bonchev–Trinajstić information content (AvgIpc) is 3.24. The Morgan fingerprint density at radius 2 is 1.89 bits per heavy atom. The third kappa shape index (κ3) is 3.81. The zero-order valence-corrected chi connectivity index (χ0v) is 17.0. The highest BCUT2D eigenvalue weighted by Gasteiger charge is 2.31. The monoisotopic (exact) mass is 424 g/mol. The van der Waals surface area contributed by atoms with Gasteiger partial charge < -0.3 is 5.32 Å². The molecule has 0 unspecified atom stereocenters. The van der Waals surface area contributed by atoms with Crippen LogP contribution in [0.15, 0.2) is 24.3 Å². The summed E-state index contributed by atoms with van der Waals surface area (Å²) in [6.07, 6.45) is 2.16. The predicted molar refractivity (Wildman–Crippen MR) is 106 cm³/mol. The highest BCUT2D eigenvalue weighted by atomic mass is 32.2. The number of nitrogens with one attached hydrogen (secondary N) is 1. The van der Waals surface area contributed by atoms with Crippen LogP contribution in [0.2, 0.25) is 0 Å². The molecule has 0 bridgehead atoms. The van der Waals surface area contributed by atoms with Crippen LogP contribution in [0.25, 0.3) is 5.69 Å². The lowest BCUT2D eigenvalue weighted by molar-refractivity contribution is -0.120. The number of piperidine rings is 1. The van der Waals surface area contributed by atoms with Crippen LogP contribution < -0.4 is 5.32 Å². The maximum absolute atomic E-state index is 13.3. The zero-order valence-electron chi connectivity index (χ0n) is 15.4. The van der Waals surface area contributed by atoms with Crippen LogP contribution in [0.5, 0.6) is 0 Å². The second kappa shape index (κ2) is 7.49. The van der Waals surface area contributed by atoms with E-state index < -0.39 is 10.0 Å². The number of amides is 1. The lowest BCUT2D eigenvalue weighted by Crippen LogP contribution is -2.41. The van der Waals surface area contributed by atoms with Gasteiger partial charge in [-0.3, -0.25) is 4.79 Å². The molecule has 1 fully saturated rings. The number of anilines is 1. The van der Waals surface area contributed by atoms with E-state index in [2.05, 4.69) is 10.4 Å². The number of hydrogen-bond acceptors (Lipinski definition) is 5. The number of carbonyl (C=O) groups is 1. The highest BCUT2D eigenvalue weighted by molar-refractivity contribution is 7.98. The number of thioether (sulfide) groups is 1. The van der Waals surface area contributed by atoms with Gasteiger partial charge in [0.25, 0.3) is 0 Å². The molecule has 0 aliphatic carbocycles. The van der Waals surface area contributed by atoms with E-state index in [0.717, 1.165) is 22.8 Å². The summed E-state index contributed by atoms with van der Waals surface area (Å²) in [6.45, 7) is 0.699. The molecule has 2 aromatic rings. The van der Waals surface area contributed by atoms with Gasteiger partial charge in [-0.15, -0.1) is 0 Å². The number of fused-ring (bicyclic) bond motifs is 1. The third-order valence-electron chi connectivity index (χ3n) is 5.16. The van der Waals surface area contributed by atoms with Crippen LogP contribution in [0.4, 0.5) is 10.2 Å². The van der Waals surface area contributed by atoms with Gasteiger partial charge in [-0.05, 0) is 37.1 Å². The van der Waals surface area contributed by atoms with Gasteiger partial charge in [0.2, 0.25) is 15.9 Å². The summed E-state index contributed by atoms with van der Waals surface area (Å²) in [4.78, 5) is 12.9. The Kier molecular flexibility index (Phi) is 5.19. The van der Waals surface area contributed by atoms with Crippen molar-refractivity contribution in [1.82, 2.24) is 14.1 Å². The number of nitrogens with zero attached hydrogens (tertiary/aromatic N) is 3. The van der Waals surface area contributed by atoms with E-state index >= 15 is 0 Å². The van der Waals surface area contributed by atoms with E-state index in [1.807, 2.05) is 0 Å². The minimum absolute atomic E-state index is 0.129. The first-order valence-electron chi connectivity index (χ1n) is 9.03. The minimum atomic E-state index is -3.23. The summed E-state index contributed by atoms with van der Waals surface area (Å²) in [6, 6.07) is 5.99. The molecule has 1 aromatic heterocycles. The molecule has 0 saturated carbocycles. The Morgan fingerprint density at radius 3 is 2.54 bits per heavy atom. The highest BCUT2D eigenvalue weighted by Crippen LogP contribution is 2.36. The third-order valence-corrected chi connectivity index (χ3v) is 7.43. The van der Waals surface area contributed by atoms with Gasteiger partial charge in [-0.25, -0.2) is 21.8 Å². The molecule has 1 amide bonds. The van der Waals surface area contributed by atoms with Crippen molar-refractivity contribution in [2.75, 3.05) is 24.7 Å². The Morgan fingerprint density at radius 1 is 1.21 bits per heavy atom. The molecule has 1 saturated heterocycles. The van der Waals surface area contributed by atoms with Crippen molar-refractivity contribution in [1.29, 1.82) is 0 Å². The number of aromatic nitrogens is 2. The van der Waals surface area contributed by atoms with Crippen LogP contribution in [-0.4, -0.2) is 47.8 Å². The van der Waals surface area contributed by atoms with Gasteiger partial charge in [0.05, 0.1) is 17.6 Å². The maximum Gasteiger partial charge on any atom is 0.228 e. The molecule has 1 N–H and O–H groups in total. The van der Waals surface area contributed by atoms with E-state index in [-0.39, 0.29) is 17.6 Å². The quantitative estimate of drug-likeness (QED) is 0.815. The van der Waals surface area contributed by atoms with Crippen molar-refractivity contribution < 1.29 is 17.6 Å². The van der Waals surface area contributed by atoms with Gasteiger partial charge in [-0.2, -0.15) is 16.9 Å². The fraction of sp³-hybridized carbons (Fsp3) is 0.444. The Bertz CT molecular complexity index is 997. The molecule has 10 heteroatoms. The number of benzene rings is 1. The second-order valence-corrected chi connectivity index (χ2v) is 10.0. The van der Waals surface area contributed by atoms with E-state index in [0.29, 0.717) is 37.4 Å². The molecular formula is C18H21FN4O3S2. The minimum Gasteiger partial charge on any atom is -0.310 e. The lowest BCUT2D eigenvalue weighted by atomic mass is 9.97. The number of sulfonamides is 1. The standard InChI is InChI=1S/C18H21FN4O3S2/c1-28(25,26)22-8-6-12(7-9-22)18(24)20-17-15-10-27-11-16(15)21-23(17)14-4-2-13(19)3-5-14/h2-5,12H,6-11H2,1H3,(H,20,24). The molecule has 150 valence electrons. The fourth-order valence-electron chi connectivity index (χ4n) is 3.58. The van der Waals surface area contributed by atoms with Crippen LogP contribution >= 0.6 is 11.8 Å². The number of carbonyl (C=O) groups excluding carboxylic acids is 1. The molecule has 0 radical (unpaired) electrons. The summed E-state index contributed by atoms with van der Waals surface area (Å²) in [5, 5.41) is 7.62. The lowest BCUT2D eigenvalue weighted by Gasteiger charge is -2.29. The number of halogens is 1. The van der Waals surface area contributed by atoms with Crippen molar-refractivity contribution >= 4 is 33.5 Å². The summed E-state index contributed by atoms with van der Waals surface area (Å²) in [5.41, 5.74) is 2.61. The topological polar surface area (TPSA) is 84.3 Å². The van der Waals surface area contributed by atoms with Crippen LogP contribution in [0.1, 0.15) is 24.1 Å². The first-order valence-corrected chi connectivity index (χ1v) is 12.0. The van der Waals surface area contributed by atoms with E-state index in [1.54, 1.807) is 28.6 Å². The Hall–Kier alpha value is -1.91. The van der Waals surface area contributed by atoms with Crippen molar-refractivity contribution in [3.05, 3.63) is 41.3 Å². The first kappa shape index (κ1) is 19.4. The molecular weight excluding hydrogens is 403 g/mol. The largest absolute Gasteiger partial charge is 0.310 e. The molecule has 4 rings (SSSR count). The van der Waals surface area contributed by atoms with Crippen molar-refractivity contribution in [3.63, 3.8) is 0 Å². The Labute approximate surface area is 167 Å². The normalized spacial score (nSPS) is 18.2. The molecule has 28 heavy (non-hydrogen) atoms. The zero-order chi connectivity index (χ0) is 19.9. The first-order chi connectivity index (χ1) is 13.3. The predicted octanol–water partition coefficient (Wildman–Crippen LogP) is 2.37. The molecule has 3 heterocycles. The van der Waals surface area contributed by atoms with Crippen molar-refractivity contribution in [3.8, 4) is 5.69 Å². The molecule has 2 aliphatic heterocycles. The smallest absolute Gasteiger partial charge is 0.228 e.